The summed E-state index contributed by atoms with van der Waals surface area (Å²) in [6.45, 7) is 4.24. The summed E-state index contributed by atoms with van der Waals surface area (Å²) >= 11 is 5.74. The summed E-state index contributed by atoms with van der Waals surface area (Å²) in [5.41, 5.74) is 2.04. The molecule has 0 unspecified atom stereocenters. The zero-order valence-corrected chi connectivity index (χ0v) is 9.39. The molecule has 0 amide bonds. The molecule has 0 saturated heterocycles. The van der Waals surface area contributed by atoms with E-state index in [4.69, 9.17) is 11.6 Å². The first-order valence-electron chi connectivity index (χ1n) is 5.22. The number of aryl methyl sites for hydroxylation is 1. The van der Waals surface area contributed by atoms with Crippen LogP contribution < -0.4 is 0 Å². The largest absolute Gasteiger partial charge is 0.348 e. The SMILES string of the molecule is C=C(Cl)Cn1cc2c(c1)C(=O)CCCC2. The fraction of sp³-hybridized carbons (Fsp3) is 0.417. The third kappa shape index (κ3) is 2.32. The van der Waals surface area contributed by atoms with Crippen LogP contribution in [0.5, 0.6) is 0 Å². The van der Waals surface area contributed by atoms with Gasteiger partial charge in [0, 0.05) is 29.4 Å². The molecule has 2 rings (SSSR count). The maximum Gasteiger partial charge on any atom is 0.164 e. The Bertz CT molecular complexity index is 406. The van der Waals surface area contributed by atoms with Crippen LogP contribution in [0.3, 0.4) is 0 Å². The van der Waals surface area contributed by atoms with E-state index >= 15 is 0 Å². The Balaban J connectivity index is 2.29. The van der Waals surface area contributed by atoms with Gasteiger partial charge in [-0.2, -0.15) is 0 Å². The van der Waals surface area contributed by atoms with E-state index in [9.17, 15) is 4.79 Å². The summed E-state index contributed by atoms with van der Waals surface area (Å²) in [6, 6.07) is 0. The van der Waals surface area contributed by atoms with Crippen LogP contribution >= 0.6 is 11.6 Å². The second-order valence-electron chi connectivity index (χ2n) is 4.02. The fourth-order valence-corrected chi connectivity index (χ4v) is 2.17. The Morgan fingerprint density at radius 3 is 2.87 bits per heavy atom. The summed E-state index contributed by atoms with van der Waals surface area (Å²) in [5, 5.41) is 0.590. The minimum Gasteiger partial charge on any atom is -0.348 e. The minimum atomic E-state index is 0.265. The lowest BCUT2D eigenvalue weighted by Crippen LogP contribution is -1.97. The van der Waals surface area contributed by atoms with Crippen molar-refractivity contribution in [2.75, 3.05) is 0 Å². The Kier molecular flexibility index (Phi) is 2.96. The molecule has 0 radical (unpaired) electrons. The summed E-state index contributed by atoms with van der Waals surface area (Å²) in [4.78, 5) is 11.7. The average molecular weight is 224 g/mol. The van der Waals surface area contributed by atoms with Gasteiger partial charge in [-0.3, -0.25) is 4.79 Å². The highest BCUT2D eigenvalue weighted by atomic mass is 35.5. The molecule has 0 bridgehead atoms. The zero-order chi connectivity index (χ0) is 10.8. The van der Waals surface area contributed by atoms with Crippen molar-refractivity contribution in [3.8, 4) is 0 Å². The quantitative estimate of drug-likeness (QED) is 0.706. The molecule has 1 aliphatic rings. The van der Waals surface area contributed by atoms with Gasteiger partial charge >= 0.3 is 0 Å². The van der Waals surface area contributed by atoms with Crippen molar-refractivity contribution in [3.63, 3.8) is 0 Å². The van der Waals surface area contributed by atoms with Crippen molar-refractivity contribution in [2.24, 2.45) is 0 Å². The molecular weight excluding hydrogens is 210 g/mol. The normalized spacial score (nSPS) is 15.9. The number of aromatic nitrogens is 1. The number of carbonyl (C=O) groups excluding carboxylic acids is 1. The summed E-state index contributed by atoms with van der Waals surface area (Å²) in [5.74, 6) is 0.265. The van der Waals surface area contributed by atoms with E-state index < -0.39 is 0 Å². The topological polar surface area (TPSA) is 22.0 Å². The van der Waals surface area contributed by atoms with E-state index in [1.54, 1.807) is 0 Å². The van der Waals surface area contributed by atoms with Gasteiger partial charge in [0.05, 0.1) is 6.54 Å². The Morgan fingerprint density at radius 2 is 2.13 bits per heavy atom. The summed E-state index contributed by atoms with van der Waals surface area (Å²) in [6.07, 6.45) is 7.71. The lowest BCUT2D eigenvalue weighted by molar-refractivity contribution is 0.0982. The first-order valence-corrected chi connectivity index (χ1v) is 5.60. The van der Waals surface area contributed by atoms with Gasteiger partial charge in [-0.15, -0.1) is 0 Å². The highest BCUT2D eigenvalue weighted by Crippen LogP contribution is 2.22. The van der Waals surface area contributed by atoms with Crippen LogP contribution in [-0.2, 0) is 13.0 Å². The van der Waals surface area contributed by atoms with Crippen molar-refractivity contribution >= 4 is 17.4 Å². The van der Waals surface area contributed by atoms with Crippen LogP contribution in [0.1, 0.15) is 35.2 Å². The lowest BCUT2D eigenvalue weighted by atomic mass is 10.1. The number of carbonyl (C=O) groups is 1. The molecule has 15 heavy (non-hydrogen) atoms. The monoisotopic (exact) mass is 223 g/mol. The standard InChI is InChI=1S/C12H14ClNO/c1-9(13)6-14-7-10-4-2-3-5-12(15)11(10)8-14/h7-8H,1-6H2. The van der Waals surface area contributed by atoms with Gasteiger partial charge in [0.15, 0.2) is 5.78 Å². The average Bonchev–Trinajstić information content (AvgIpc) is 2.47. The van der Waals surface area contributed by atoms with Gasteiger partial charge in [0.2, 0.25) is 0 Å². The summed E-state index contributed by atoms with van der Waals surface area (Å²) < 4.78 is 1.95. The van der Waals surface area contributed by atoms with Crippen molar-refractivity contribution in [1.82, 2.24) is 4.57 Å². The molecule has 80 valence electrons. The molecule has 0 aromatic carbocycles. The maximum atomic E-state index is 11.7. The number of rotatable bonds is 2. The molecule has 0 atom stereocenters. The first-order chi connectivity index (χ1) is 7.16. The predicted molar refractivity (Wildman–Crippen MR) is 61.3 cm³/mol. The predicted octanol–water partition coefficient (Wildman–Crippen LogP) is 3.15. The third-order valence-electron chi connectivity index (χ3n) is 2.72. The van der Waals surface area contributed by atoms with Crippen LogP contribution in [0, 0.1) is 0 Å². The lowest BCUT2D eigenvalue weighted by Gasteiger charge is -1.99. The molecule has 0 saturated carbocycles. The maximum absolute atomic E-state index is 11.7. The molecule has 1 heterocycles. The number of allylic oxidation sites excluding steroid dienone is 1. The van der Waals surface area contributed by atoms with Crippen LogP contribution in [0.2, 0.25) is 0 Å². The molecular formula is C12H14ClNO. The molecule has 1 aromatic rings. The molecule has 2 nitrogen and oxygen atoms in total. The van der Waals surface area contributed by atoms with E-state index in [0.29, 0.717) is 18.0 Å². The number of hydrogen-bond acceptors (Lipinski definition) is 1. The molecule has 0 N–H and O–H groups in total. The zero-order valence-electron chi connectivity index (χ0n) is 8.63. The van der Waals surface area contributed by atoms with Gasteiger partial charge < -0.3 is 4.57 Å². The van der Waals surface area contributed by atoms with Gasteiger partial charge in [0.1, 0.15) is 0 Å². The first kappa shape index (κ1) is 10.5. The highest BCUT2D eigenvalue weighted by molar-refractivity contribution is 6.29. The number of fused-ring (bicyclic) bond motifs is 1. The molecule has 0 spiro atoms. The van der Waals surface area contributed by atoms with Gasteiger partial charge in [-0.25, -0.2) is 0 Å². The number of Topliss-reactive ketones (excluding diaryl/α,β-unsaturated/α-hetero) is 1. The second-order valence-corrected chi connectivity index (χ2v) is 4.55. The summed E-state index contributed by atoms with van der Waals surface area (Å²) in [7, 11) is 0. The number of halogens is 1. The van der Waals surface area contributed by atoms with Crippen molar-refractivity contribution < 1.29 is 4.79 Å². The van der Waals surface area contributed by atoms with Gasteiger partial charge in [0.25, 0.3) is 0 Å². The number of ketones is 1. The van der Waals surface area contributed by atoms with Crippen molar-refractivity contribution in [1.29, 1.82) is 0 Å². The molecule has 1 aliphatic carbocycles. The van der Waals surface area contributed by atoms with E-state index in [0.717, 1.165) is 30.4 Å². The number of nitrogens with zero attached hydrogens (tertiary/aromatic N) is 1. The number of hydrogen-bond donors (Lipinski definition) is 0. The minimum absolute atomic E-state index is 0.265. The van der Waals surface area contributed by atoms with Crippen LogP contribution in [-0.4, -0.2) is 10.4 Å². The molecule has 3 heteroatoms. The van der Waals surface area contributed by atoms with Crippen LogP contribution in [0.25, 0.3) is 0 Å². The van der Waals surface area contributed by atoms with E-state index in [-0.39, 0.29) is 5.78 Å². The van der Waals surface area contributed by atoms with E-state index in [2.05, 4.69) is 6.58 Å². The smallest absolute Gasteiger partial charge is 0.164 e. The molecule has 1 aromatic heterocycles. The van der Waals surface area contributed by atoms with Crippen LogP contribution in [0.4, 0.5) is 0 Å². The second kappa shape index (κ2) is 4.23. The van der Waals surface area contributed by atoms with Gasteiger partial charge in [-0.1, -0.05) is 18.2 Å². The van der Waals surface area contributed by atoms with Crippen molar-refractivity contribution in [2.45, 2.75) is 32.2 Å². The highest BCUT2D eigenvalue weighted by Gasteiger charge is 2.17. The third-order valence-corrected chi connectivity index (χ3v) is 2.84. The Labute approximate surface area is 94.5 Å². The molecule has 0 aliphatic heterocycles. The van der Waals surface area contributed by atoms with E-state index in [1.165, 1.54) is 0 Å². The van der Waals surface area contributed by atoms with Gasteiger partial charge in [-0.05, 0) is 24.8 Å². The Morgan fingerprint density at radius 1 is 1.40 bits per heavy atom. The van der Waals surface area contributed by atoms with Crippen LogP contribution in [0.15, 0.2) is 24.0 Å². The Hall–Kier alpha value is -1.02. The molecule has 0 fully saturated rings. The van der Waals surface area contributed by atoms with Crippen molar-refractivity contribution in [3.05, 3.63) is 35.1 Å². The van der Waals surface area contributed by atoms with E-state index in [1.807, 2.05) is 17.0 Å². The fourth-order valence-electron chi connectivity index (χ4n) is 2.03.